The predicted molar refractivity (Wildman–Crippen MR) is 61.8 cm³/mol. The van der Waals surface area contributed by atoms with Crippen molar-refractivity contribution >= 4 is 17.7 Å². The third kappa shape index (κ3) is 4.03. The molecular weight excluding hydrogens is 212 g/mol. The molecular formula is C9H16N4OS. The average molecular weight is 228 g/mol. The van der Waals surface area contributed by atoms with E-state index in [1.165, 1.54) is 0 Å². The fraction of sp³-hybridized carbons (Fsp3) is 0.556. The van der Waals surface area contributed by atoms with Crippen LogP contribution in [0.2, 0.25) is 0 Å². The first-order valence-corrected chi connectivity index (χ1v) is 5.68. The Morgan fingerprint density at radius 2 is 2.40 bits per heavy atom. The first kappa shape index (κ1) is 12.2. The van der Waals surface area contributed by atoms with Gasteiger partial charge in [-0.05, 0) is 18.9 Å². The normalized spacial score (nSPS) is 10.3. The van der Waals surface area contributed by atoms with Crippen LogP contribution in [0, 0.1) is 6.92 Å². The van der Waals surface area contributed by atoms with Crippen LogP contribution in [0.25, 0.3) is 0 Å². The summed E-state index contributed by atoms with van der Waals surface area (Å²) in [7, 11) is 1.71. The van der Waals surface area contributed by atoms with E-state index in [9.17, 15) is 0 Å². The molecule has 1 heterocycles. The second-order valence-corrected chi connectivity index (χ2v) is 4.10. The third-order valence-electron chi connectivity index (χ3n) is 1.79. The van der Waals surface area contributed by atoms with Gasteiger partial charge in [0.05, 0.1) is 0 Å². The number of anilines is 1. The third-order valence-corrected chi connectivity index (χ3v) is 2.97. The second-order valence-electron chi connectivity index (χ2n) is 3.02. The minimum absolute atomic E-state index is 0.454. The lowest BCUT2D eigenvalue weighted by molar-refractivity contribution is 0.200. The van der Waals surface area contributed by atoms with Crippen LogP contribution in [0.1, 0.15) is 12.0 Å². The van der Waals surface area contributed by atoms with E-state index in [-0.39, 0.29) is 0 Å². The summed E-state index contributed by atoms with van der Waals surface area (Å²) in [5.74, 6) is 6.68. The van der Waals surface area contributed by atoms with E-state index < -0.39 is 0 Å². The molecule has 6 heteroatoms. The zero-order valence-electron chi connectivity index (χ0n) is 8.99. The summed E-state index contributed by atoms with van der Waals surface area (Å²) in [4.78, 5) is 8.28. The van der Waals surface area contributed by atoms with E-state index in [4.69, 9.17) is 10.6 Å². The number of rotatable bonds is 6. The van der Waals surface area contributed by atoms with Crippen molar-refractivity contribution in [3.63, 3.8) is 0 Å². The molecule has 0 unspecified atom stereocenters. The first-order valence-electron chi connectivity index (χ1n) is 4.70. The van der Waals surface area contributed by atoms with Crippen LogP contribution in [0.3, 0.4) is 0 Å². The number of aryl methyl sites for hydroxylation is 1. The van der Waals surface area contributed by atoms with Gasteiger partial charge in [0.1, 0.15) is 5.03 Å². The summed E-state index contributed by atoms with van der Waals surface area (Å²) in [6, 6.07) is 0. The maximum Gasteiger partial charge on any atom is 0.238 e. The number of nitrogen functional groups attached to an aromatic ring is 1. The second kappa shape index (κ2) is 6.60. The van der Waals surface area contributed by atoms with Crippen LogP contribution < -0.4 is 11.3 Å². The van der Waals surface area contributed by atoms with Crippen molar-refractivity contribution < 1.29 is 4.74 Å². The molecule has 0 bridgehead atoms. The van der Waals surface area contributed by atoms with Gasteiger partial charge in [0.25, 0.3) is 0 Å². The van der Waals surface area contributed by atoms with Gasteiger partial charge >= 0.3 is 0 Å². The Labute approximate surface area is 93.8 Å². The lowest BCUT2D eigenvalue weighted by atomic mass is 10.4. The number of hydrogen-bond acceptors (Lipinski definition) is 6. The molecule has 0 radical (unpaired) electrons. The van der Waals surface area contributed by atoms with E-state index in [1.54, 1.807) is 25.1 Å². The molecule has 0 aliphatic rings. The van der Waals surface area contributed by atoms with E-state index in [0.29, 0.717) is 5.95 Å². The predicted octanol–water partition coefficient (Wildman–Crippen LogP) is 1.20. The number of hydrogen-bond donors (Lipinski definition) is 2. The zero-order valence-corrected chi connectivity index (χ0v) is 9.80. The Morgan fingerprint density at radius 3 is 3.07 bits per heavy atom. The number of ether oxygens (including phenoxy) is 1. The van der Waals surface area contributed by atoms with Crippen LogP contribution in [0.5, 0.6) is 0 Å². The fourth-order valence-electron chi connectivity index (χ4n) is 1.01. The summed E-state index contributed by atoms with van der Waals surface area (Å²) < 4.78 is 4.98. The van der Waals surface area contributed by atoms with Crippen molar-refractivity contribution in [3.8, 4) is 0 Å². The van der Waals surface area contributed by atoms with E-state index in [2.05, 4.69) is 15.4 Å². The largest absolute Gasteiger partial charge is 0.385 e. The minimum atomic E-state index is 0.454. The highest BCUT2D eigenvalue weighted by Gasteiger charge is 2.03. The Morgan fingerprint density at radius 1 is 1.60 bits per heavy atom. The molecule has 0 aliphatic heterocycles. The highest BCUT2D eigenvalue weighted by Crippen LogP contribution is 2.20. The molecule has 0 aromatic carbocycles. The van der Waals surface area contributed by atoms with Gasteiger partial charge in [0, 0.05) is 25.7 Å². The lowest BCUT2D eigenvalue weighted by Crippen LogP contribution is -2.11. The van der Waals surface area contributed by atoms with Crippen LogP contribution in [0.4, 0.5) is 5.95 Å². The molecule has 15 heavy (non-hydrogen) atoms. The molecule has 0 fully saturated rings. The topological polar surface area (TPSA) is 73.1 Å². The fourth-order valence-corrected chi connectivity index (χ4v) is 1.90. The highest BCUT2D eigenvalue weighted by molar-refractivity contribution is 7.99. The standard InChI is InChI=1S/C9H16N4OS/c1-7-6-11-9(13-10)12-8(7)15-5-3-4-14-2/h6H,3-5,10H2,1-2H3,(H,11,12,13). The quantitative estimate of drug-likeness (QED) is 0.250. The van der Waals surface area contributed by atoms with Crippen LogP contribution >= 0.6 is 11.8 Å². The molecule has 0 saturated heterocycles. The van der Waals surface area contributed by atoms with Crippen molar-refractivity contribution in [1.82, 2.24) is 9.97 Å². The molecule has 5 nitrogen and oxygen atoms in total. The van der Waals surface area contributed by atoms with E-state index in [1.807, 2.05) is 6.92 Å². The summed E-state index contributed by atoms with van der Waals surface area (Å²) in [6.07, 6.45) is 2.77. The van der Waals surface area contributed by atoms with Crippen LogP contribution in [0.15, 0.2) is 11.2 Å². The van der Waals surface area contributed by atoms with Gasteiger partial charge < -0.3 is 4.74 Å². The van der Waals surface area contributed by atoms with Crippen LogP contribution in [-0.2, 0) is 4.74 Å². The molecule has 84 valence electrons. The maximum atomic E-state index is 5.24. The molecule has 0 amide bonds. The number of aromatic nitrogens is 2. The van der Waals surface area contributed by atoms with E-state index >= 15 is 0 Å². The summed E-state index contributed by atoms with van der Waals surface area (Å²) in [5.41, 5.74) is 3.50. The molecule has 1 rings (SSSR count). The average Bonchev–Trinajstić information content (AvgIpc) is 2.26. The number of hydrazine groups is 1. The molecule has 0 aliphatic carbocycles. The van der Waals surface area contributed by atoms with Crippen LogP contribution in [-0.4, -0.2) is 29.4 Å². The molecule has 1 aromatic heterocycles. The monoisotopic (exact) mass is 228 g/mol. The van der Waals surface area contributed by atoms with Gasteiger partial charge in [0.2, 0.25) is 5.95 Å². The summed E-state index contributed by atoms with van der Waals surface area (Å²) in [6.45, 7) is 2.76. The molecule has 0 spiro atoms. The molecule has 0 saturated carbocycles. The first-order chi connectivity index (χ1) is 7.27. The number of thioether (sulfide) groups is 1. The Bertz CT molecular complexity index is 308. The van der Waals surface area contributed by atoms with Gasteiger partial charge in [-0.15, -0.1) is 11.8 Å². The zero-order chi connectivity index (χ0) is 11.1. The number of nitrogens with zero attached hydrogens (tertiary/aromatic N) is 2. The molecule has 0 atom stereocenters. The molecule has 3 N–H and O–H groups in total. The Balaban J connectivity index is 2.51. The summed E-state index contributed by atoms with van der Waals surface area (Å²) in [5, 5.41) is 0.967. The molecule has 1 aromatic rings. The van der Waals surface area contributed by atoms with Crippen molar-refractivity contribution in [3.05, 3.63) is 11.8 Å². The van der Waals surface area contributed by atoms with Gasteiger partial charge in [-0.1, -0.05) is 0 Å². The van der Waals surface area contributed by atoms with Crippen molar-refractivity contribution in [1.29, 1.82) is 0 Å². The van der Waals surface area contributed by atoms with Crippen molar-refractivity contribution in [2.24, 2.45) is 5.84 Å². The highest BCUT2D eigenvalue weighted by atomic mass is 32.2. The SMILES string of the molecule is COCCCSc1nc(NN)ncc1C. The smallest absolute Gasteiger partial charge is 0.238 e. The number of methoxy groups -OCH3 is 1. The van der Waals surface area contributed by atoms with Gasteiger partial charge in [-0.2, -0.15) is 0 Å². The maximum absolute atomic E-state index is 5.24. The summed E-state index contributed by atoms with van der Waals surface area (Å²) >= 11 is 1.69. The van der Waals surface area contributed by atoms with Gasteiger partial charge in [-0.25, -0.2) is 15.8 Å². The van der Waals surface area contributed by atoms with E-state index in [0.717, 1.165) is 29.4 Å². The minimum Gasteiger partial charge on any atom is -0.385 e. The van der Waals surface area contributed by atoms with Crippen molar-refractivity contribution in [2.45, 2.75) is 18.4 Å². The number of nitrogens with two attached hydrogens (primary N) is 1. The Hall–Kier alpha value is -0.850. The van der Waals surface area contributed by atoms with Crippen molar-refractivity contribution in [2.75, 3.05) is 24.9 Å². The Kier molecular flexibility index (Phi) is 5.38. The lowest BCUT2D eigenvalue weighted by Gasteiger charge is -2.05. The van der Waals surface area contributed by atoms with Gasteiger partial charge in [-0.3, -0.25) is 5.43 Å². The number of nitrogens with one attached hydrogen (secondary N) is 1. The van der Waals surface area contributed by atoms with Gasteiger partial charge in [0.15, 0.2) is 0 Å².